The molecule has 244 valence electrons. The molecule has 0 saturated heterocycles. The molecule has 0 aliphatic rings. The molecule has 4 atom stereocenters. The Balaban J connectivity index is 2.26. The smallest absolute Gasteiger partial charge is 0.288 e. The number of aldehydes is 1. The Labute approximate surface area is 276 Å². The summed E-state index contributed by atoms with van der Waals surface area (Å²) < 4.78 is 15.2. The minimum Gasteiger partial charge on any atom is -0.413 e. The number of carbonyl (C=O) groups excluding carboxylic acids is 1. The van der Waals surface area contributed by atoms with Crippen molar-refractivity contribution in [1.29, 1.82) is 0 Å². The molecule has 0 aromatic heterocycles. The van der Waals surface area contributed by atoms with Gasteiger partial charge in [0.1, 0.15) is 6.29 Å². The van der Waals surface area contributed by atoms with E-state index in [-0.39, 0.29) is 23.0 Å². The maximum Gasteiger partial charge on any atom is 0.288 e. The van der Waals surface area contributed by atoms with Crippen molar-refractivity contribution in [3.05, 3.63) is 103 Å². The molecule has 0 aliphatic carbocycles. The van der Waals surface area contributed by atoms with Crippen molar-refractivity contribution in [2.24, 2.45) is 17.3 Å². The predicted molar refractivity (Wildman–Crippen MR) is 198 cm³/mol. The standard InChI is InChI=1S/C40H58O3Si2/c1-31(2)22-21-23-32(3)37(42-44(10,11)39(5,6)7)33(4)38(40(8,9)30-41)43-45(34-24-15-12-16-25-34,35-26-17-13-18-27-35)36-28-19-14-20-29-36/h12-20,24-30,32-33,37-38H,1,21-23H2,2-11H3/t32-,33+,37-,38+/m0/s1. The van der Waals surface area contributed by atoms with Gasteiger partial charge in [-0.05, 0) is 65.8 Å². The van der Waals surface area contributed by atoms with E-state index in [9.17, 15) is 4.79 Å². The molecule has 5 heteroatoms. The van der Waals surface area contributed by atoms with Crippen LogP contribution in [-0.4, -0.2) is 35.1 Å². The van der Waals surface area contributed by atoms with Crippen LogP contribution in [0.2, 0.25) is 18.1 Å². The van der Waals surface area contributed by atoms with Gasteiger partial charge < -0.3 is 13.6 Å². The topological polar surface area (TPSA) is 35.5 Å². The lowest BCUT2D eigenvalue weighted by atomic mass is 9.76. The highest BCUT2D eigenvalue weighted by molar-refractivity contribution is 7.07. The third-order valence-electron chi connectivity index (χ3n) is 9.94. The zero-order valence-corrected chi connectivity index (χ0v) is 31.6. The minimum atomic E-state index is -3.11. The Morgan fingerprint density at radius 2 is 1.20 bits per heavy atom. The number of hydrogen-bond acceptors (Lipinski definition) is 3. The maximum absolute atomic E-state index is 13.0. The van der Waals surface area contributed by atoms with Crippen LogP contribution >= 0.6 is 0 Å². The van der Waals surface area contributed by atoms with Crippen LogP contribution in [0, 0.1) is 17.3 Å². The average Bonchev–Trinajstić information content (AvgIpc) is 3.00. The molecule has 0 radical (unpaired) electrons. The molecule has 0 N–H and O–H groups in total. The van der Waals surface area contributed by atoms with E-state index in [1.165, 1.54) is 5.57 Å². The molecule has 0 heterocycles. The molecule has 0 aliphatic heterocycles. The number of benzene rings is 3. The quantitative estimate of drug-likeness (QED) is 0.0679. The minimum absolute atomic E-state index is 0.0511. The second kappa shape index (κ2) is 15.3. The first kappa shape index (κ1) is 36.9. The van der Waals surface area contributed by atoms with Crippen LogP contribution in [0.1, 0.15) is 74.7 Å². The van der Waals surface area contributed by atoms with Gasteiger partial charge in [-0.25, -0.2) is 0 Å². The molecular formula is C40H58O3Si2. The van der Waals surface area contributed by atoms with E-state index in [4.69, 9.17) is 8.85 Å². The van der Waals surface area contributed by atoms with E-state index < -0.39 is 28.2 Å². The van der Waals surface area contributed by atoms with Crippen molar-refractivity contribution in [3.63, 3.8) is 0 Å². The molecule has 0 fully saturated rings. The fraction of sp³-hybridized carbons (Fsp3) is 0.475. The van der Waals surface area contributed by atoms with E-state index in [2.05, 4.69) is 152 Å². The zero-order valence-electron chi connectivity index (χ0n) is 29.6. The molecule has 0 unspecified atom stereocenters. The summed E-state index contributed by atoms with van der Waals surface area (Å²) in [7, 11) is -5.28. The largest absolute Gasteiger partial charge is 0.413 e. The third-order valence-corrected chi connectivity index (χ3v) is 18.5. The Morgan fingerprint density at radius 3 is 1.56 bits per heavy atom. The first-order valence-corrected chi connectivity index (χ1v) is 21.5. The Hall–Kier alpha value is -2.58. The lowest BCUT2D eigenvalue weighted by Gasteiger charge is -2.48. The summed E-state index contributed by atoms with van der Waals surface area (Å²) in [5, 5.41) is 3.54. The van der Waals surface area contributed by atoms with Crippen LogP contribution in [0.25, 0.3) is 0 Å². The van der Waals surface area contributed by atoms with Crippen LogP contribution < -0.4 is 15.6 Å². The normalized spacial score (nSPS) is 15.6. The van der Waals surface area contributed by atoms with Gasteiger partial charge >= 0.3 is 0 Å². The first-order valence-electron chi connectivity index (χ1n) is 16.7. The monoisotopic (exact) mass is 642 g/mol. The highest BCUT2D eigenvalue weighted by atomic mass is 28.4. The molecule has 45 heavy (non-hydrogen) atoms. The van der Waals surface area contributed by atoms with Gasteiger partial charge in [-0.1, -0.05) is 145 Å². The van der Waals surface area contributed by atoms with Gasteiger partial charge in [-0.15, -0.1) is 6.58 Å². The van der Waals surface area contributed by atoms with Crippen molar-refractivity contribution in [1.82, 2.24) is 0 Å². The number of allylic oxidation sites excluding steroid dienone is 1. The molecule has 3 aromatic carbocycles. The van der Waals surface area contributed by atoms with Crippen molar-refractivity contribution >= 4 is 38.5 Å². The van der Waals surface area contributed by atoms with Gasteiger partial charge in [-0.3, -0.25) is 0 Å². The maximum atomic E-state index is 13.0. The van der Waals surface area contributed by atoms with Gasteiger partial charge in [0, 0.05) is 11.3 Å². The molecule has 0 saturated carbocycles. The summed E-state index contributed by atoms with van der Waals surface area (Å²) in [6, 6.07) is 32.0. The molecule has 3 nitrogen and oxygen atoms in total. The van der Waals surface area contributed by atoms with Crippen molar-refractivity contribution < 1.29 is 13.6 Å². The van der Waals surface area contributed by atoms with Crippen LogP contribution in [0.15, 0.2) is 103 Å². The van der Waals surface area contributed by atoms with Gasteiger partial charge in [0.25, 0.3) is 8.32 Å². The van der Waals surface area contributed by atoms with E-state index in [0.29, 0.717) is 0 Å². The lowest BCUT2D eigenvalue weighted by Crippen LogP contribution is -2.72. The highest BCUT2D eigenvalue weighted by Gasteiger charge is 2.51. The van der Waals surface area contributed by atoms with Crippen molar-refractivity contribution in [2.45, 2.75) is 105 Å². The van der Waals surface area contributed by atoms with Gasteiger partial charge in [0.2, 0.25) is 0 Å². The van der Waals surface area contributed by atoms with E-state index in [0.717, 1.165) is 41.1 Å². The SMILES string of the molecule is C=C(C)CCC[C@H](C)[C@H](O[Si](C)(C)C(C)(C)C)[C@@H](C)[C@@H](O[Si](c1ccccc1)(c1ccccc1)c1ccccc1)C(C)(C)C=O. The van der Waals surface area contributed by atoms with Crippen LogP contribution in [0.3, 0.4) is 0 Å². The second-order valence-electron chi connectivity index (χ2n) is 15.3. The summed E-state index contributed by atoms with van der Waals surface area (Å²) >= 11 is 0. The molecule has 3 aromatic rings. The van der Waals surface area contributed by atoms with E-state index in [1.54, 1.807) is 0 Å². The van der Waals surface area contributed by atoms with Crippen LogP contribution in [0.4, 0.5) is 0 Å². The van der Waals surface area contributed by atoms with E-state index >= 15 is 0 Å². The van der Waals surface area contributed by atoms with Gasteiger partial charge in [0.15, 0.2) is 8.32 Å². The fourth-order valence-corrected chi connectivity index (χ4v) is 12.0. The van der Waals surface area contributed by atoms with Crippen molar-refractivity contribution in [2.75, 3.05) is 0 Å². The lowest BCUT2D eigenvalue weighted by molar-refractivity contribution is -0.123. The Morgan fingerprint density at radius 1 is 0.778 bits per heavy atom. The number of hydrogen-bond donors (Lipinski definition) is 0. The Bertz CT molecular complexity index is 1250. The van der Waals surface area contributed by atoms with Crippen molar-refractivity contribution in [3.8, 4) is 0 Å². The summed E-state index contributed by atoms with van der Waals surface area (Å²) in [5.41, 5.74) is 0.451. The second-order valence-corrected chi connectivity index (χ2v) is 23.4. The predicted octanol–water partition coefficient (Wildman–Crippen LogP) is 8.67. The number of rotatable bonds is 16. The first-order chi connectivity index (χ1) is 21.1. The highest BCUT2D eigenvalue weighted by Crippen LogP contribution is 2.42. The summed E-state index contributed by atoms with van der Waals surface area (Å²) in [6.07, 6.45) is 3.74. The molecule has 0 amide bonds. The molecule has 0 bridgehead atoms. The Kier molecular flexibility index (Phi) is 12.6. The molecular weight excluding hydrogens is 585 g/mol. The summed E-state index contributed by atoms with van der Waals surface area (Å²) in [5.74, 6) is 0.227. The van der Waals surface area contributed by atoms with E-state index in [1.807, 2.05) is 13.8 Å². The van der Waals surface area contributed by atoms with Crippen LogP contribution in [0.5, 0.6) is 0 Å². The van der Waals surface area contributed by atoms with Gasteiger partial charge in [-0.2, -0.15) is 0 Å². The summed E-state index contributed by atoms with van der Waals surface area (Å²) in [6.45, 7) is 26.5. The average molecular weight is 643 g/mol. The molecule has 3 rings (SSSR count). The fourth-order valence-electron chi connectivity index (χ4n) is 6.24. The molecule has 0 spiro atoms. The van der Waals surface area contributed by atoms with Crippen LogP contribution in [-0.2, 0) is 13.6 Å². The zero-order chi connectivity index (χ0) is 33.5. The number of carbonyl (C=O) groups is 1. The van der Waals surface area contributed by atoms with Gasteiger partial charge in [0.05, 0.1) is 12.2 Å². The summed E-state index contributed by atoms with van der Waals surface area (Å²) in [4.78, 5) is 13.0. The third kappa shape index (κ3) is 8.82.